The molecule has 1 aromatic carbocycles. The highest BCUT2D eigenvalue weighted by Crippen LogP contribution is 2.16. The fourth-order valence-corrected chi connectivity index (χ4v) is 1.10. The van der Waals surface area contributed by atoms with Gasteiger partial charge in [-0.1, -0.05) is 26.0 Å². The fourth-order valence-electron chi connectivity index (χ4n) is 1.10. The molecule has 0 heterocycles. The largest absolute Gasteiger partial charge is 0.477 e. The van der Waals surface area contributed by atoms with Gasteiger partial charge in [0.25, 0.3) is 0 Å². The normalized spacial score (nSPS) is 10.9. The third kappa shape index (κ3) is 3.81. The number of hydrazone groups is 1. The van der Waals surface area contributed by atoms with Gasteiger partial charge < -0.3 is 5.11 Å². The Morgan fingerprint density at radius 3 is 2.47 bits per heavy atom. The van der Waals surface area contributed by atoms with Gasteiger partial charge in [-0.3, -0.25) is 5.43 Å². The van der Waals surface area contributed by atoms with E-state index in [0.717, 1.165) is 11.9 Å². The Balaban J connectivity index is 2.61. The standard InChI is InChI=1S/C11H14N2O2/c1-8(2)9-3-5-10(6-4-9)13-12-7-11(14)15/h3-8,13H,1-2H3,(H,14,15)/b12-7+. The van der Waals surface area contributed by atoms with Crippen molar-refractivity contribution in [3.05, 3.63) is 29.8 Å². The molecule has 0 atom stereocenters. The molecule has 15 heavy (non-hydrogen) atoms. The van der Waals surface area contributed by atoms with Crippen molar-refractivity contribution in [1.29, 1.82) is 0 Å². The lowest BCUT2D eigenvalue weighted by Gasteiger charge is -2.05. The minimum atomic E-state index is -1.07. The van der Waals surface area contributed by atoms with Crippen molar-refractivity contribution in [3.63, 3.8) is 0 Å². The summed E-state index contributed by atoms with van der Waals surface area (Å²) in [6.45, 7) is 4.23. The molecular formula is C11H14N2O2. The Morgan fingerprint density at radius 2 is 2.00 bits per heavy atom. The van der Waals surface area contributed by atoms with Crippen LogP contribution in [-0.2, 0) is 4.79 Å². The number of carboxylic acids is 1. The van der Waals surface area contributed by atoms with Crippen LogP contribution in [0.4, 0.5) is 5.69 Å². The Morgan fingerprint density at radius 1 is 1.40 bits per heavy atom. The summed E-state index contributed by atoms with van der Waals surface area (Å²) in [7, 11) is 0. The van der Waals surface area contributed by atoms with Crippen LogP contribution in [0.1, 0.15) is 25.3 Å². The number of benzene rings is 1. The van der Waals surface area contributed by atoms with Crippen molar-refractivity contribution >= 4 is 17.9 Å². The van der Waals surface area contributed by atoms with Gasteiger partial charge in [-0.05, 0) is 23.6 Å². The molecule has 1 aromatic rings. The SMILES string of the molecule is CC(C)c1ccc(N/N=C/C(=O)O)cc1. The number of hydrogen-bond acceptors (Lipinski definition) is 3. The number of aliphatic carboxylic acids is 1. The van der Waals surface area contributed by atoms with Gasteiger partial charge in [0, 0.05) is 0 Å². The Hall–Kier alpha value is -1.84. The lowest BCUT2D eigenvalue weighted by Crippen LogP contribution is -1.98. The molecule has 4 nitrogen and oxygen atoms in total. The quantitative estimate of drug-likeness (QED) is 0.587. The van der Waals surface area contributed by atoms with E-state index in [0.29, 0.717) is 5.92 Å². The second-order valence-electron chi connectivity index (χ2n) is 3.48. The Labute approximate surface area is 88.6 Å². The molecular weight excluding hydrogens is 192 g/mol. The third-order valence-corrected chi connectivity index (χ3v) is 1.95. The van der Waals surface area contributed by atoms with E-state index < -0.39 is 5.97 Å². The summed E-state index contributed by atoms with van der Waals surface area (Å²) in [6.07, 6.45) is 0.816. The molecule has 0 saturated carbocycles. The topological polar surface area (TPSA) is 61.7 Å². The molecule has 0 aliphatic rings. The number of carbonyl (C=O) groups is 1. The molecule has 0 aromatic heterocycles. The summed E-state index contributed by atoms with van der Waals surface area (Å²) >= 11 is 0. The van der Waals surface area contributed by atoms with Gasteiger partial charge in [-0.25, -0.2) is 4.79 Å². The molecule has 0 unspecified atom stereocenters. The minimum Gasteiger partial charge on any atom is -0.477 e. The zero-order valence-corrected chi connectivity index (χ0v) is 8.77. The van der Waals surface area contributed by atoms with Gasteiger partial charge in [0.15, 0.2) is 0 Å². The number of nitrogens with zero attached hydrogens (tertiary/aromatic N) is 1. The average molecular weight is 206 g/mol. The van der Waals surface area contributed by atoms with E-state index in [2.05, 4.69) is 24.4 Å². The first-order valence-corrected chi connectivity index (χ1v) is 4.71. The molecule has 0 spiro atoms. The zero-order chi connectivity index (χ0) is 11.3. The van der Waals surface area contributed by atoms with Crippen LogP contribution >= 0.6 is 0 Å². The summed E-state index contributed by atoms with van der Waals surface area (Å²) in [5.74, 6) is -0.581. The Bertz CT molecular complexity index is 355. The van der Waals surface area contributed by atoms with E-state index in [4.69, 9.17) is 5.11 Å². The lowest BCUT2D eigenvalue weighted by molar-refractivity contribution is -0.128. The fraction of sp³-hybridized carbons (Fsp3) is 0.273. The maximum atomic E-state index is 10.1. The van der Waals surface area contributed by atoms with Crippen LogP contribution < -0.4 is 5.43 Å². The molecule has 0 aliphatic heterocycles. The highest BCUT2D eigenvalue weighted by Gasteiger charge is 1.97. The summed E-state index contributed by atoms with van der Waals surface area (Å²) in [6, 6.07) is 7.72. The van der Waals surface area contributed by atoms with E-state index in [1.807, 2.05) is 24.3 Å². The van der Waals surface area contributed by atoms with Gasteiger partial charge >= 0.3 is 5.97 Å². The molecule has 1 rings (SSSR count). The smallest absolute Gasteiger partial charge is 0.348 e. The third-order valence-electron chi connectivity index (χ3n) is 1.95. The van der Waals surface area contributed by atoms with Gasteiger partial charge in [0.1, 0.15) is 6.21 Å². The van der Waals surface area contributed by atoms with Crippen molar-refractivity contribution in [1.82, 2.24) is 0 Å². The predicted octanol–water partition coefficient (Wildman–Crippen LogP) is 2.29. The van der Waals surface area contributed by atoms with Crippen LogP contribution in [0.5, 0.6) is 0 Å². The number of carboxylic acid groups (broad SMARTS) is 1. The van der Waals surface area contributed by atoms with Crippen molar-refractivity contribution in [2.24, 2.45) is 5.10 Å². The molecule has 4 heteroatoms. The zero-order valence-electron chi connectivity index (χ0n) is 8.77. The number of hydrogen-bond donors (Lipinski definition) is 2. The van der Waals surface area contributed by atoms with E-state index in [1.54, 1.807) is 0 Å². The van der Waals surface area contributed by atoms with Gasteiger partial charge in [0.05, 0.1) is 5.69 Å². The highest BCUT2D eigenvalue weighted by atomic mass is 16.4. The molecule has 0 bridgehead atoms. The second kappa shape index (κ2) is 5.14. The van der Waals surface area contributed by atoms with E-state index in [-0.39, 0.29) is 0 Å². The molecule has 0 radical (unpaired) electrons. The number of anilines is 1. The Kier molecular flexibility index (Phi) is 3.85. The minimum absolute atomic E-state index is 0.488. The van der Waals surface area contributed by atoms with Gasteiger partial charge in [0.2, 0.25) is 0 Å². The van der Waals surface area contributed by atoms with Crippen LogP contribution in [0.3, 0.4) is 0 Å². The van der Waals surface area contributed by atoms with Gasteiger partial charge in [-0.15, -0.1) is 0 Å². The molecule has 0 saturated heterocycles. The van der Waals surface area contributed by atoms with Crippen molar-refractivity contribution in [2.45, 2.75) is 19.8 Å². The maximum absolute atomic E-state index is 10.1. The lowest BCUT2D eigenvalue weighted by atomic mass is 10.0. The molecule has 0 amide bonds. The van der Waals surface area contributed by atoms with Crippen LogP contribution in [0.25, 0.3) is 0 Å². The van der Waals surface area contributed by atoms with Crippen molar-refractivity contribution in [2.75, 3.05) is 5.43 Å². The summed E-state index contributed by atoms with van der Waals surface area (Å²) in [4.78, 5) is 10.1. The number of nitrogens with one attached hydrogen (secondary N) is 1. The van der Waals surface area contributed by atoms with Crippen molar-refractivity contribution in [3.8, 4) is 0 Å². The summed E-state index contributed by atoms with van der Waals surface area (Å²) in [5.41, 5.74) is 4.64. The number of rotatable bonds is 4. The first-order valence-electron chi connectivity index (χ1n) is 4.71. The summed E-state index contributed by atoms with van der Waals surface area (Å²) in [5, 5.41) is 11.9. The first kappa shape index (κ1) is 11.2. The van der Waals surface area contributed by atoms with E-state index in [1.165, 1.54) is 5.56 Å². The van der Waals surface area contributed by atoms with E-state index in [9.17, 15) is 4.79 Å². The van der Waals surface area contributed by atoms with E-state index >= 15 is 0 Å². The second-order valence-corrected chi connectivity index (χ2v) is 3.48. The van der Waals surface area contributed by atoms with Gasteiger partial charge in [-0.2, -0.15) is 5.10 Å². The molecule has 80 valence electrons. The summed E-state index contributed by atoms with van der Waals surface area (Å²) < 4.78 is 0. The first-order chi connectivity index (χ1) is 7.09. The maximum Gasteiger partial charge on any atom is 0.348 e. The highest BCUT2D eigenvalue weighted by molar-refractivity contribution is 6.22. The molecule has 0 fully saturated rings. The molecule has 2 N–H and O–H groups in total. The van der Waals surface area contributed by atoms with Crippen LogP contribution in [0.15, 0.2) is 29.4 Å². The van der Waals surface area contributed by atoms with Crippen LogP contribution in [-0.4, -0.2) is 17.3 Å². The predicted molar refractivity (Wildman–Crippen MR) is 60.3 cm³/mol. The van der Waals surface area contributed by atoms with Crippen LogP contribution in [0, 0.1) is 0 Å². The van der Waals surface area contributed by atoms with Crippen molar-refractivity contribution < 1.29 is 9.90 Å². The monoisotopic (exact) mass is 206 g/mol. The van der Waals surface area contributed by atoms with Crippen LogP contribution in [0.2, 0.25) is 0 Å². The molecule has 0 aliphatic carbocycles. The average Bonchev–Trinajstić information content (AvgIpc) is 2.18.